The first-order valence-corrected chi connectivity index (χ1v) is 6.78. The monoisotopic (exact) mass is 286 g/mol. The van der Waals surface area contributed by atoms with E-state index in [1.807, 2.05) is 38.1 Å². The van der Waals surface area contributed by atoms with Crippen LogP contribution in [0.2, 0.25) is 0 Å². The van der Waals surface area contributed by atoms with Crippen LogP contribution in [0.4, 0.5) is 0 Å². The Morgan fingerprint density at radius 3 is 1.35 bits per heavy atom. The molecule has 0 fully saturated rings. The Morgan fingerprint density at radius 2 is 1.05 bits per heavy atom. The molecule has 2 nitrogen and oxygen atoms in total. The quantitative estimate of drug-likeness (QED) is 0.484. The average molecular weight is 287 g/mol. The van der Waals surface area contributed by atoms with Gasteiger partial charge in [0.2, 0.25) is 0 Å². The van der Waals surface area contributed by atoms with Crippen LogP contribution in [-0.4, -0.2) is 16.9 Å². The number of hydrogen-bond donors (Lipinski definition) is 0. The number of hydrogen-bond acceptors (Lipinski definition) is 2. The lowest BCUT2D eigenvalue weighted by Crippen LogP contribution is -2.25. The summed E-state index contributed by atoms with van der Waals surface area (Å²) in [6.07, 6.45) is 0. The first-order chi connectivity index (χ1) is 9.49. The number of alkyl halides is 1. The van der Waals surface area contributed by atoms with E-state index in [4.69, 9.17) is 11.6 Å². The molecule has 0 N–H and O–H groups in total. The van der Waals surface area contributed by atoms with E-state index >= 15 is 0 Å². The lowest BCUT2D eigenvalue weighted by molar-refractivity contribution is 0.0900. The summed E-state index contributed by atoms with van der Waals surface area (Å²) in [6, 6.07) is 14.1. The summed E-state index contributed by atoms with van der Waals surface area (Å²) in [4.78, 5) is 24.4. The van der Waals surface area contributed by atoms with Gasteiger partial charge in [-0.3, -0.25) is 9.59 Å². The fourth-order valence-electron chi connectivity index (χ4n) is 1.85. The number of halogens is 1. The number of carbonyl (C=O) groups excluding carboxylic acids is 2. The minimum atomic E-state index is -1.18. The van der Waals surface area contributed by atoms with Crippen molar-refractivity contribution in [2.24, 2.45) is 0 Å². The van der Waals surface area contributed by atoms with Crippen molar-refractivity contribution in [3.63, 3.8) is 0 Å². The molecule has 0 atom stereocenters. The maximum Gasteiger partial charge on any atom is 0.188 e. The van der Waals surface area contributed by atoms with Crippen molar-refractivity contribution in [1.29, 1.82) is 0 Å². The lowest BCUT2D eigenvalue weighted by atomic mass is 10.00. The molecular formula is C17H15ClO2. The van der Waals surface area contributed by atoms with Gasteiger partial charge in [-0.05, 0) is 13.8 Å². The highest BCUT2D eigenvalue weighted by Crippen LogP contribution is 2.15. The molecule has 3 heteroatoms. The van der Waals surface area contributed by atoms with E-state index < -0.39 is 5.38 Å². The number of aryl methyl sites for hydroxylation is 2. The van der Waals surface area contributed by atoms with Gasteiger partial charge in [0.1, 0.15) is 0 Å². The molecule has 0 aromatic heterocycles. The second-order valence-corrected chi connectivity index (χ2v) is 5.26. The van der Waals surface area contributed by atoms with Crippen molar-refractivity contribution in [3.05, 3.63) is 70.8 Å². The van der Waals surface area contributed by atoms with Gasteiger partial charge in [-0.25, -0.2) is 0 Å². The third-order valence-corrected chi connectivity index (χ3v) is 3.53. The molecule has 2 rings (SSSR count). The SMILES string of the molecule is Cc1ccc(C(=O)C(Cl)C(=O)c2ccc(C)cc2)cc1. The molecule has 0 amide bonds. The molecule has 0 bridgehead atoms. The minimum absolute atomic E-state index is 0.364. The zero-order valence-corrected chi connectivity index (χ0v) is 12.1. The van der Waals surface area contributed by atoms with Crippen LogP contribution in [0.15, 0.2) is 48.5 Å². The smallest absolute Gasteiger partial charge is 0.188 e. The molecule has 2 aromatic carbocycles. The highest BCUT2D eigenvalue weighted by atomic mass is 35.5. The van der Waals surface area contributed by atoms with Gasteiger partial charge in [-0.15, -0.1) is 11.6 Å². The van der Waals surface area contributed by atoms with Gasteiger partial charge in [-0.2, -0.15) is 0 Å². The Kier molecular flexibility index (Phi) is 4.35. The van der Waals surface area contributed by atoms with Gasteiger partial charge in [0, 0.05) is 11.1 Å². The normalized spacial score (nSPS) is 10.6. The molecule has 0 saturated carbocycles. The van der Waals surface area contributed by atoms with Crippen LogP contribution in [0, 0.1) is 13.8 Å². The first kappa shape index (κ1) is 14.5. The maximum absolute atomic E-state index is 12.2. The summed E-state index contributed by atoms with van der Waals surface area (Å²) in [5.74, 6) is -0.727. The summed E-state index contributed by atoms with van der Waals surface area (Å²) >= 11 is 6.03. The Balaban J connectivity index is 2.20. The number of Topliss-reactive ketones (excluding diaryl/α,β-unsaturated/α-hetero) is 2. The van der Waals surface area contributed by atoms with Crippen molar-refractivity contribution in [2.45, 2.75) is 19.2 Å². The van der Waals surface area contributed by atoms with Crippen molar-refractivity contribution >= 4 is 23.2 Å². The van der Waals surface area contributed by atoms with Crippen LogP contribution in [0.25, 0.3) is 0 Å². The molecule has 0 unspecified atom stereocenters. The Labute approximate surface area is 123 Å². The summed E-state index contributed by atoms with van der Waals surface area (Å²) < 4.78 is 0. The summed E-state index contributed by atoms with van der Waals surface area (Å²) in [6.45, 7) is 3.87. The Bertz CT molecular complexity index is 570. The Morgan fingerprint density at radius 1 is 0.750 bits per heavy atom. The molecule has 0 saturated heterocycles. The van der Waals surface area contributed by atoms with E-state index in [0.29, 0.717) is 11.1 Å². The Hall–Kier alpha value is -1.93. The van der Waals surface area contributed by atoms with Crippen LogP contribution in [-0.2, 0) is 0 Å². The van der Waals surface area contributed by atoms with E-state index in [1.165, 1.54) is 0 Å². The maximum atomic E-state index is 12.2. The summed E-state index contributed by atoms with van der Waals surface area (Å²) in [7, 11) is 0. The predicted molar refractivity (Wildman–Crippen MR) is 80.7 cm³/mol. The fourth-order valence-corrected chi connectivity index (χ4v) is 2.10. The van der Waals surface area contributed by atoms with E-state index in [1.54, 1.807) is 24.3 Å². The summed E-state index contributed by atoms with van der Waals surface area (Å²) in [5, 5.41) is -1.18. The molecule has 0 aliphatic heterocycles. The van der Waals surface area contributed by atoms with Gasteiger partial charge >= 0.3 is 0 Å². The van der Waals surface area contributed by atoms with E-state index in [-0.39, 0.29) is 11.6 Å². The molecule has 0 heterocycles. The molecule has 20 heavy (non-hydrogen) atoms. The first-order valence-electron chi connectivity index (χ1n) is 6.35. The van der Waals surface area contributed by atoms with Crippen LogP contribution < -0.4 is 0 Å². The van der Waals surface area contributed by atoms with Crippen LogP contribution in [0.1, 0.15) is 31.8 Å². The topological polar surface area (TPSA) is 34.1 Å². The second-order valence-electron chi connectivity index (χ2n) is 4.82. The lowest BCUT2D eigenvalue weighted by Gasteiger charge is -2.08. The van der Waals surface area contributed by atoms with Gasteiger partial charge in [0.25, 0.3) is 0 Å². The molecular weight excluding hydrogens is 272 g/mol. The van der Waals surface area contributed by atoms with Gasteiger partial charge in [0.15, 0.2) is 16.9 Å². The molecule has 0 aliphatic rings. The molecule has 0 radical (unpaired) electrons. The van der Waals surface area contributed by atoms with Crippen molar-refractivity contribution in [2.75, 3.05) is 0 Å². The largest absolute Gasteiger partial charge is 0.292 e. The van der Waals surface area contributed by atoms with Crippen molar-refractivity contribution in [1.82, 2.24) is 0 Å². The van der Waals surface area contributed by atoms with Gasteiger partial charge in [-0.1, -0.05) is 59.7 Å². The van der Waals surface area contributed by atoms with Crippen LogP contribution >= 0.6 is 11.6 Å². The average Bonchev–Trinajstić information content (AvgIpc) is 2.46. The summed E-state index contributed by atoms with van der Waals surface area (Å²) in [5.41, 5.74) is 3.02. The standard InChI is InChI=1S/C17H15ClO2/c1-11-3-7-13(8-4-11)16(19)15(18)17(20)14-9-5-12(2)6-10-14/h3-10,15H,1-2H3. The number of benzene rings is 2. The number of carbonyl (C=O) groups is 2. The number of rotatable bonds is 4. The van der Waals surface area contributed by atoms with E-state index in [2.05, 4.69) is 0 Å². The minimum Gasteiger partial charge on any atom is -0.292 e. The fraction of sp³-hybridized carbons (Fsp3) is 0.176. The predicted octanol–water partition coefficient (Wildman–Crippen LogP) is 3.98. The molecule has 2 aromatic rings. The third-order valence-electron chi connectivity index (χ3n) is 3.13. The highest BCUT2D eigenvalue weighted by molar-refractivity contribution is 6.46. The van der Waals surface area contributed by atoms with Gasteiger partial charge < -0.3 is 0 Å². The van der Waals surface area contributed by atoms with Crippen molar-refractivity contribution in [3.8, 4) is 0 Å². The molecule has 102 valence electrons. The van der Waals surface area contributed by atoms with Crippen LogP contribution in [0.3, 0.4) is 0 Å². The van der Waals surface area contributed by atoms with Crippen LogP contribution in [0.5, 0.6) is 0 Å². The number of ketones is 2. The molecule has 0 aliphatic carbocycles. The van der Waals surface area contributed by atoms with E-state index in [9.17, 15) is 9.59 Å². The van der Waals surface area contributed by atoms with E-state index in [0.717, 1.165) is 11.1 Å². The second kappa shape index (κ2) is 6.02. The van der Waals surface area contributed by atoms with Crippen molar-refractivity contribution < 1.29 is 9.59 Å². The highest BCUT2D eigenvalue weighted by Gasteiger charge is 2.26. The third kappa shape index (κ3) is 3.14. The zero-order chi connectivity index (χ0) is 14.7. The zero-order valence-electron chi connectivity index (χ0n) is 11.4. The van der Waals surface area contributed by atoms with Gasteiger partial charge in [0.05, 0.1) is 0 Å². The molecule has 0 spiro atoms.